The van der Waals surface area contributed by atoms with Gasteiger partial charge in [-0.15, -0.1) is 0 Å². The third kappa shape index (κ3) is 3.53. The Bertz CT molecular complexity index is 425. The second-order valence-corrected chi connectivity index (χ2v) is 5.89. The first-order chi connectivity index (χ1) is 9.93. The molecule has 0 aromatic heterocycles. The van der Waals surface area contributed by atoms with Crippen LogP contribution in [0.4, 0.5) is 0 Å². The maximum Gasteiger partial charge on any atom is 0.122 e. The molecule has 3 heteroatoms. The van der Waals surface area contributed by atoms with Gasteiger partial charge >= 0.3 is 0 Å². The van der Waals surface area contributed by atoms with Gasteiger partial charge in [0.1, 0.15) is 12.4 Å². The SMILES string of the molecule is c1cc2c(c(OCCN3CCCNCC3)c1)CCCC2. The summed E-state index contributed by atoms with van der Waals surface area (Å²) in [6.45, 7) is 6.48. The summed E-state index contributed by atoms with van der Waals surface area (Å²) in [5.74, 6) is 1.13. The smallest absolute Gasteiger partial charge is 0.122 e. The number of hydrogen-bond acceptors (Lipinski definition) is 3. The molecule has 1 saturated heterocycles. The highest BCUT2D eigenvalue weighted by molar-refractivity contribution is 5.41. The van der Waals surface area contributed by atoms with Gasteiger partial charge in [0.15, 0.2) is 0 Å². The summed E-state index contributed by atoms with van der Waals surface area (Å²) < 4.78 is 6.09. The Hall–Kier alpha value is -1.06. The summed E-state index contributed by atoms with van der Waals surface area (Å²) in [4.78, 5) is 2.51. The summed E-state index contributed by atoms with van der Waals surface area (Å²) >= 11 is 0. The molecule has 0 radical (unpaired) electrons. The van der Waals surface area contributed by atoms with E-state index in [0.29, 0.717) is 0 Å². The van der Waals surface area contributed by atoms with Crippen molar-refractivity contribution in [2.24, 2.45) is 0 Å². The molecule has 0 unspecified atom stereocenters. The lowest BCUT2D eigenvalue weighted by molar-refractivity contribution is 0.216. The molecule has 1 aromatic rings. The normalized spacial score (nSPS) is 20.2. The monoisotopic (exact) mass is 274 g/mol. The van der Waals surface area contributed by atoms with Crippen LogP contribution in [0.25, 0.3) is 0 Å². The Balaban J connectivity index is 1.53. The van der Waals surface area contributed by atoms with Crippen LogP contribution in [-0.4, -0.2) is 44.2 Å². The lowest BCUT2D eigenvalue weighted by atomic mass is 9.91. The van der Waals surface area contributed by atoms with E-state index in [1.165, 1.54) is 49.8 Å². The third-order valence-electron chi connectivity index (χ3n) is 4.45. The van der Waals surface area contributed by atoms with Crippen LogP contribution in [0.5, 0.6) is 5.75 Å². The fourth-order valence-corrected chi connectivity index (χ4v) is 3.29. The highest BCUT2D eigenvalue weighted by Crippen LogP contribution is 2.29. The molecule has 3 rings (SSSR count). The number of hydrogen-bond donors (Lipinski definition) is 1. The first kappa shape index (κ1) is 13.9. The number of nitrogens with one attached hydrogen (secondary N) is 1. The molecule has 0 atom stereocenters. The van der Waals surface area contributed by atoms with E-state index in [0.717, 1.165) is 38.5 Å². The Labute approximate surface area is 122 Å². The molecular weight excluding hydrogens is 248 g/mol. The van der Waals surface area contributed by atoms with Crippen LogP contribution in [0, 0.1) is 0 Å². The number of benzene rings is 1. The molecule has 3 nitrogen and oxygen atoms in total. The molecule has 1 fully saturated rings. The Kier molecular flexibility index (Phi) is 4.93. The molecule has 1 N–H and O–H groups in total. The highest BCUT2D eigenvalue weighted by atomic mass is 16.5. The predicted molar refractivity (Wildman–Crippen MR) is 82.5 cm³/mol. The van der Waals surface area contributed by atoms with Gasteiger partial charge in [-0.05, 0) is 62.4 Å². The topological polar surface area (TPSA) is 24.5 Å². The maximum atomic E-state index is 6.09. The van der Waals surface area contributed by atoms with Crippen molar-refractivity contribution >= 4 is 0 Å². The molecule has 1 aliphatic carbocycles. The third-order valence-corrected chi connectivity index (χ3v) is 4.45. The average molecular weight is 274 g/mol. The number of rotatable bonds is 4. The van der Waals surface area contributed by atoms with Crippen molar-refractivity contribution in [2.75, 3.05) is 39.3 Å². The van der Waals surface area contributed by atoms with E-state index in [2.05, 4.69) is 28.4 Å². The molecule has 1 aromatic carbocycles. The minimum absolute atomic E-state index is 0.816. The van der Waals surface area contributed by atoms with E-state index in [1.807, 2.05) is 0 Å². The van der Waals surface area contributed by atoms with Gasteiger partial charge in [0.2, 0.25) is 0 Å². The average Bonchev–Trinajstić information content (AvgIpc) is 2.76. The molecule has 0 saturated carbocycles. The summed E-state index contributed by atoms with van der Waals surface area (Å²) in [6.07, 6.45) is 6.31. The lowest BCUT2D eigenvalue weighted by Crippen LogP contribution is -2.32. The van der Waals surface area contributed by atoms with E-state index in [-0.39, 0.29) is 0 Å². The van der Waals surface area contributed by atoms with Gasteiger partial charge in [-0.1, -0.05) is 12.1 Å². The molecule has 20 heavy (non-hydrogen) atoms. The molecule has 1 aliphatic heterocycles. The minimum atomic E-state index is 0.816. The Morgan fingerprint density at radius 2 is 2.00 bits per heavy atom. The lowest BCUT2D eigenvalue weighted by Gasteiger charge is -2.22. The second-order valence-electron chi connectivity index (χ2n) is 5.89. The van der Waals surface area contributed by atoms with Gasteiger partial charge in [-0.25, -0.2) is 0 Å². The van der Waals surface area contributed by atoms with Crippen molar-refractivity contribution in [3.05, 3.63) is 29.3 Å². The van der Waals surface area contributed by atoms with Crippen molar-refractivity contribution < 1.29 is 4.74 Å². The number of fused-ring (bicyclic) bond motifs is 1. The molecular formula is C17H26N2O. The van der Waals surface area contributed by atoms with E-state index in [1.54, 1.807) is 0 Å². The zero-order chi connectivity index (χ0) is 13.6. The van der Waals surface area contributed by atoms with Gasteiger partial charge in [0.05, 0.1) is 0 Å². The quantitative estimate of drug-likeness (QED) is 0.911. The van der Waals surface area contributed by atoms with Crippen molar-refractivity contribution in [1.29, 1.82) is 0 Å². The van der Waals surface area contributed by atoms with Gasteiger partial charge in [-0.3, -0.25) is 4.90 Å². The van der Waals surface area contributed by atoms with Crippen LogP contribution in [0.1, 0.15) is 30.4 Å². The van der Waals surface area contributed by atoms with Gasteiger partial charge < -0.3 is 10.1 Å². The summed E-state index contributed by atoms with van der Waals surface area (Å²) in [7, 11) is 0. The first-order valence-electron chi connectivity index (χ1n) is 8.10. The standard InChI is InChI=1S/C17H26N2O/c1-2-7-16-15(5-1)6-3-8-17(16)20-14-13-19-11-4-9-18-10-12-19/h3,6,8,18H,1-2,4-5,7,9-14H2. The van der Waals surface area contributed by atoms with Gasteiger partial charge in [-0.2, -0.15) is 0 Å². The van der Waals surface area contributed by atoms with E-state index in [4.69, 9.17) is 4.74 Å². The van der Waals surface area contributed by atoms with Crippen LogP contribution in [0.2, 0.25) is 0 Å². The number of nitrogens with zero attached hydrogens (tertiary/aromatic N) is 1. The first-order valence-corrected chi connectivity index (χ1v) is 8.10. The van der Waals surface area contributed by atoms with E-state index < -0.39 is 0 Å². The molecule has 1 heterocycles. The Morgan fingerprint density at radius 1 is 1.05 bits per heavy atom. The zero-order valence-corrected chi connectivity index (χ0v) is 12.4. The number of ether oxygens (including phenoxy) is 1. The molecule has 0 bridgehead atoms. The number of aryl methyl sites for hydroxylation is 1. The van der Waals surface area contributed by atoms with E-state index >= 15 is 0 Å². The van der Waals surface area contributed by atoms with Crippen LogP contribution in [-0.2, 0) is 12.8 Å². The largest absolute Gasteiger partial charge is 0.492 e. The summed E-state index contributed by atoms with van der Waals surface area (Å²) in [5, 5.41) is 3.44. The van der Waals surface area contributed by atoms with Crippen molar-refractivity contribution in [2.45, 2.75) is 32.1 Å². The fraction of sp³-hybridized carbons (Fsp3) is 0.647. The summed E-state index contributed by atoms with van der Waals surface area (Å²) in [6, 6.07) is 6.56. The fourth-order valence-electron chi connectivity index (χ4n) is 3.29. The molecule has 0 spiro atoms. The van der Waals surface area contributed by atoms with Crippen molar-refractivity contribution in [3.8, 4) is 5.75 Å². The highest BCUT2D eigenvalue weighted by Gasteiger charge is 2.14. The van der Waals surface area contributed by atoms with Crippen LogP contribution in [0.15, 0.2) is 18.2 Å². The minimum Gasteiger partial charge on any atom is -0.492 e. The van der Waals surface area contributed by atoms with Gasteiger partial charge in [0.25, 0.3) is 0 Å². The molecule has 110 valence electrons. The molecule has 2 aliphatic rings. The van der Waals surface area contributed by atoms with Crippen LogP contribution in [0.3, 0.4) is 0 Å². The van der Waals surface area contributed by atoms with Crippen LogP contribution < -0.4 is 10.1 Å². The van der Waals surface area contributed by atoms with Crippen LogP contribution >= 0.6 is 0 Å². The Morgan fingerprint density at radius 3 is 3.00 bits per heavy atom. The summed E-state index contributed by atoms with van der Waals surface area (Å²) in [5.41, 5.74) is 2.98. The second kappa shape index (κ2) is 7.09. The zero-order valence-electron chi connectivity index (χ0n) is 12.4. The van der Waals surface area contributed by atoms with E-state index in [9.17, 15) is 0 Å². The van der Waals surface area contributed by atoms with Gasteiger partial charge in [0, 0.05) is 19.6 Å². The predicted octanol–water partition coefficient (Wildman–Crippen LogP) is 2.24. The van der Waals surface area contributed by atoms with Crippen molar-refractivity contribution in [1.82, 2.24) is 10.2 Å². The van der Waals surface area contributed by atoms with Crippen molar-refractivity contribution in [3.63, 3.8) is 0 Å². The molecule has 0 amide bonds. The maximum absolute atomic E-state index is 6.09.